The molecule has 1 fully saturated rings. The molecule has 1 unspecified atom stereocenters. The highest BCUT2D eigenvalue weighted by molar-refractivity contribution is 8.00. The number of nitrogens with zero attached hydrogens (tertiary/aromatic N) is 2. The van der Waals surface area contributed by atoms with Gasteiger partial charge in [-0.2, -0.15) is 11.8 Å². The van der Waals surface area contributed by atoms with E-state index in [1.54, 1.807) is 0 Å². The molecule has 0 saturated carbocycles. The van der Waals surface area contributed by atoms with E-state index in [1.165, 1.54) is 18.6 Å². The molecule has 1 aromatic rings. The van der Waals surface area contributed by atoms with Crippen molar-refractivity contribution in [2.45, 2.75) is 51.7 Å². The summed E-state index contributed by atoms with van der Waals surface area (Å²) in [6.07, 6.45) is 2.67. The van der Waals surface area contributed by atoms with E-state index in [0.717, 1.165) is 41.4 Å². The average molecular weight is 294 g/mol. The molecular weight excluding hydrogens is 268 g/mol. The first-order valence-corrected chi connectivity index (χ1v) is 8.64. The number of anilines is 2. The van der Waals surface area contributed by atoms with Crippen LogP contribution in [0.25, 0.3) is 0 Å². The van der Waals surface area contributed by atoms with Gasteiger partial charge in [-0.3, -0.25) is 0 Å². The standard InChI is InChI=1S/C15H26N4S/c1-5-16-14-11(4)15(19-13(18-14)10(2)3)17-9-12-7-6-8-20-12/h10,12H,5-9H2,1-4H3,(H2,16,17,18,19). The van der Waals surface area contributed by atoms with E-state index in [9.17, 15) is 0 Å². The highest BCUT2D eigenvalue weighted by Gasteiger charge is 2.17. The van der Waals surface area contributed by atoms with Crippen molar-refractivity contribution in [2.24, 2.45) is 0 Å². The van der Waals surface area contributed by atoms with Crippen molar-refractivity contribution in [1.29, 1.82) is 0 Å². The highest BCUT2D eigenvalue weighted by Crippen LogP contribution is 2.28. The second kappa shape index (κ2) is 7.16. The van der Waals surface area contributed by atoms with Gasteiger partial charge in [0.1, 0.15) is 17.5 Å². The average Bonchev–Trinajstić information content (AvgIpc) is 2.92. The van der Waals surface area contributed by atoms with Crippen molar-refractivity contribution >= 4 is 23.4 Å². The molecule has 0 aromatic carbocycles. The molecule has 2 N–H and O–H groups in total. The Morgan fingerprint density at radius 3 is 2.50 bits per heavy atom. The van der Waals surface area contributed by atoms with Crippen LogP contribution < -0.4 is 10.6 Å². The molecule has 1 saturated heterocycles. The van der Waals surface area contributed by atoms with Gasteiger partial charge in [0.25, 0.3) is 0 Å². The van der Waals surface area contributed by atoms with E-state index >= 15 is 0 Å². The van der Waals surface area contributed by atoms with Gasteiger partial charge in [-0.1, -0.05) is 13.8 Å². The monoisotopic (exact) mass is 294 g/mol. The molecular formula is C15H26N4S. The molecule has 2 heterocycles. The first-order valence-electron chi connectivity index (χ1n) is 7.59. The van der Waals surface area contributed by atoms with Crippen LogP contribution in [0.5, 0.6) is 0 Å². The third-order valence-electron chi connectivity index (χ3n) is 3.54. The van der Waals surface area contributed by atoms with Crippen LogP contribution in [0.15, 0.2) is 0 Å². The molecule has 20 heavy (non-hydrogen) atoms. The lowest BCUT2D eigenvalue weighted by Gasteiger charge is -2.17. The molecule has 0 spiro atoms. The molecule has 112 valence electrons. The van der Waals surface area contributed by atoms with Crippen molar-refractivity contribution in [3.05, 3.63) is 11.4 Å². The molecule has 1 aromatic heterocycles. The Balaban J connectivity index is 2.15. The van der Waals surface area contributed by atoms with Crippen LogP contribution in [0.2, 0.25) is 0 Å². The Kier molecular flexibility index (Phi) is 5.52. The van der Waals surface area contributed by atoms with E-state index < -0.39 is 0 Å². The summed E-state index contributed by atoms with van der Waals surface area (Å²) in [6, 6.07) is 0. The van der Waals surface area contributed by atoms with Gasteiger partial charge >= 0.3 is 0 Å². The zero-order valence-electron chi connectivity index (χ0n) is 13.0. The predicted octanol–water partition coefficient (Wildman–Crippen LogP) is 3.65. The minimum absolute atomic E-state index is 0.342. The van der Waals surface area contributed by atoms with Crippen LogP contribution in [0.4, 0.5) is 11.6 Å². The lowest BCUT2D eigenvalue weighted by molar-refractivity contribution is 0.766. The topological polar surface area (TPSA) is 49.8 Å². The van der Waals surface area contributed by atoms with Gasteiger partial charge in [0, 0.05) is 29.8 Å². The smallest absolute Gasteiger partial charge is 0.135 e. The number of thioether (sulfide) groups is 1. The molecule has 0 amide bonds. The van der Waals surface area contributed by atoms with Crippen LogP contribution in [0.1, 0.15) is 50.9 Å². The molecule has 0 bridgehead atoms. The van der Waals surface area contributed by atoms with Crippen LogP contribution >= 0.6 is 11.8 Å². The molecule has 1 aliphatic heterocycles. The third kappa shape index (κ3) is 3.78. The van der Waals surface area contributed by atoms with Gasteiger partial charge in [-0.25, -0.2) is 9.97 Å². The SMILES string of the molecule is CCNc1nc(C(C)C)nc(NCC2CCCS2)c1C. The Morgan fingerprint density at radius 1 is 1.25 bits per heavy atom. The molecule has 5 heteroatoms. The van der Waals surface area contributed by atoms with Crippen molar-refractivity contribution in [3.8, 4) is 0 Å². The summed E-state index contributed by atoms with van der Waals surface area (Å²) in [7, 11) is 0. The minimum atomic E-state index is 0.342. The third-order valence-corrected chi connectivity index (χ3v) is 4.94. The summed E-state index contributed by atoms with van der Waals surface area (Å²) in [5, 5.41) is 7.61. The number of hydrogen-bond donors (Lipinski definition) is 2. The van der Waals surface area contributed by atoms with Crippen LogP contribution in [0.3, 0.4) is 0 Å². The zero-order chi connectivity index (χ0) is 14.5. The summed E-state index contributed by atoms with van der Waals surface area (Å²) in [6.45, 7) is 10.3. The lowest BCUT2D eigenvalue weighted by Crippen LogP contribution is -2.17. The quantitative estimate of drug-likeness (QED) is 0.838. The van der Waals surface area contributed by atoms with Gasteiger partial charge in [0.2, 0.25) is 0 Å². The van der Waals surface area contributed by atoms with Crippen molar-refractivity contribution in [2.75, 3.05) is 29.5 Å². The number of nitrogens with one attached hydrogen (secondary N) is 2. The Hall–Kier alpha value is -0.970. The van der Waals surface area contributed by atoms with E-state index in [-0.39, 0.29) is 0 Å². The van der Waals surface area contributed by atoms with E-state index in [4.69, 9.17) is 4.98 Å². The van der Waals surface area contributed by atoms with Gasteiger partial charge < -0.3 is 10.6 Å². The first-order chi connectivity index (χ1) is 9.61. The van der Waals surface area contributed by atoms with Crippen molar-refractivity contribution in [3.63, 3.8) is 0 Å². The molecule has 1 atom stereocenters. The number of aromatic nitrogens is 2. The molecule has 0 aliphatic carbocycles. The summed E-state index contributed by atoms with van der Waals surface area (Å²) >= 11 is 2.07. The number of rotatable bonds is 6. The maximum Gasteiger partial charge on any atom is 0.135 e. The van der Waals surface area contributed by atoms with Gasteiger partial charge in [0.15, 0.2) is 0 Å². The Labute approximate surface area is 126 Å². The summed E-state index contributed by atoms with van der Waals surface area (Å²) in [5.74, 6) is 4.51. The van der Waals surface area contributed by atoms with Gasteiger partial charge in [-0.15, -0.1) is 0 Å². The predicted molar refractivity (Wildman–Crippen MR) is 89.0 cm³/mol. The first kappa shape index (κ1) is 15.4. The van der Waals surface area contributed by atoms with Crippen molar-refractivity contribution < 1.29 is 0 Å². The second-order valence-electron chi connectivity index (χ2n) is 5.60. The summed E-state index contributed by atoms with van der Waals surface area (Å²) < 4.78 is 0. The Bertz CT molecular complexity index is 442. The number of hydrogen-bond acceptors (Lipinski definition) is 5. The maximum absolute atomic E-state index is 4.70. The largest absolute Gasteiger partial charge is 0.370 e. The second-order valence-corrected chi connectivity index (χ2v) is 7.01. The van der Waals surface area contributed by atoms with Gasteiger partial charge in [0.05, 0.1) is 0 Å². The minimum Gasteiger partial charge on any atom is -0.370 e. The van der Waals surface area contributed by atoms with E-state index in [2.05, 4.69) is 55.1 Å². The lowest BCUT2D eigenvalue weighted by atomic mass is 10.2. The van der Waals surface area contributed by atoms with Crippen LogP contribution in [-0.4, -0.2) is 34.1 Å². The maximum atomic E-state index is 4.70. The van der Waals surface area contributed by atoms with E-state index in [1.807, 2.05) is 0 Å². The fourth-order valence-corrected chi connectivity index (χ4v) is 3.52. The van der Waals surface area contributed by atoms with Crippen LogP contribution in [0, 0.1) is 6.92 Å². The highest BCUT2D eigenvalue weighted by atomic mass is 32.2. The van der Waals surface area contributed by atoms with Crippen LogP contribution in [-0.2, 0) is 0 Å². The Morgan fingerprint density at radius 2 is 1.95 bits per heavy atom. The molecule has 1 aliphatic rings. The fourth-order valence-electron chi connectivity index (χ4n) is 2.32. The summed E-state index contributed by atoms with van der Waals surface area (Å²) in [5.41, 5.74) is 1.12. The summed E-state index contributed by atoms with van der Waals surface area (Å²) in [4.78, 5) is 9.34. The zero-order valence-corrected chi connectivity index (χ0v) is 13.8. The van der Waals surface area contributed by atoms with E-state index in [0.29, 0.717) is 5.92 Å². The van der Waals surface area contributed by atoms with Gasteiger partial charge in [-0.05, 0) is 32.4 Å². The fraction of sp³-hybridized carbons (Fsp3) is 0.733. The normalized spacial score (nSPS) is 18.6. The molecule has 2 rings (SSSR count). The van der Waals surface area contributed by atoms with Crippen molar-refractivity contribution in [1.82, 2.24) is 9.97 Å². The molecule has 4 nitrogen and oxygen atoms in total. The molecule has 0 radical (unpaired) electrons.